The summed E-state index contributed by atoms with van der Waals surface area (Å²) >= 11 is 1.52. The number of para-hydroxylation sites is 1. The van der Waals surface area contributed by atoms with Crippen molar-refractivity contribution < 1.29 is 24.6 Å². The highest BCUT2D eigenvalue weighted by Gasteiger charge is 2.78. The first-order valence-electron chi connectivity index (χ1n) is 12.8. The first-order chi connectivity index (χ1) is 17.0. The normalized spacial score (nSPS) is 32.3. The molecule has 2 amide bonds. The summed E-state index contributed by atoms with van der Waals surface area (Å²) in [5.74, 6) is -3.25. The van der Waals surface area contributed by atoms with Crippen LogP contribution < -0.4 is 4.90 Å². The molecule has 4 rings (SSSR count). The van der Waals surface area contributed by atoms with E-state index >= 15 is 0 Å². The summed E-state index contributed by atoms with van der Waals surface area (Å²) in [6, 6.07) is 4.43. The van der Waals surface area contributed by atoms with Crippen LogP contribution in [0.2, 0.25) is 0 Å². The smallest absolute Gasteiger partial charge is 0.308 e. The highest BCUT2D eigenvalue weighted by molar-refractivity contribution is 8.02. The number of anilines is 1. The number of nitrogens with zero attached hydrogens (tertiary/aromatic N) is 2. The number of thioether (sulfide) groups is 1. The molecule has 1 spiro atoms. The number of carboxylic acid groups (broad SMARTS) is 1. The number of rotatable bonds is 9. The predicted molar refractivity (Wildman–Crippen MR) is 142 cm³/mol. The van der Waals surface area contributed by atoms with Crippen LogP contribution in [-0.2, 0) is 14.4 Å². The molecular weight excluding hydrogens is 476 g/mol. The Hall–Kier alpha value is -2.32. The molecule has 7 nitrogen and oxygen atoms in total. The van der Waals surface area contributed by atoms with E-state index in [-0.39, 0.29) is 30.9 Å². The van der Waals surface area contributed by atoms with Crippen molar-refractivity contribution in [2.45, 2.75) is 75.5 Å². The van der Waals surface area contributed by atoms with Crippen molar-refractivity contribution in [2.24, 2.45) is 17.8 Å². The molecule has 2 bridgehead atoms. The number of benzene rings is 1. The number of aliphatic hydroxyl groups is 1. The van der Waals surface area contributed by atoms with E-state index < -0.39 is 39.4 Å². The monoisotopic (exact) mass is 514 g/mol. The summed E-state index contributed by atoms with van der Waals surface area (Å²) in [4.78, 5) is 44.6. The maximum atomic E-state index is 14.7. The maximum Gasteiger partial charge on any atom is 0.308 e. The number of carbonyl (C=O) groups is 3. The minimum absolute atomic E-state index is 0.0569. The van der Waals surface area contributed by atoms with Crippen LogP contribution in [0.3, 0.4) is 0 Å². The number of aliphatic hydroxyl groups excluding tert-OH is 1. The molecule has 3 fully saturated rings. The minimum atomic E-state index is -0.986. The number of hydrogen-bond acceptors (Lipinski definition) is 5. The van der Waals surface area contributed by atoms with E-state index in [0.29, 0.717) is 19.3 Å². The summed E-state index contributed by atoms with van der Waals surface area (Å²) in [6.07, 6.45) is 3.62. The van der Waals surface area contributed by atoms with Crippen LogP contribution in [0.15, 0.2) is 30.9 Å². The average molecular weight is 515 g/mol. The standard InChI is InChI=1S/C28H38N2O5S/c1-7-14-29(22-17(4)10-9-11-18(22)5)25(33)23-28-13-12-27(6,36-28)21(26(34)35)20(28)24(32)30(23)19(15-31)16(3)8-2/h7,9-11,16,19-21,23,31H,1,8,12-15H2,2-6H3,(H,34,35)/t16-,19-,20-,21-,23?,27+,28?/m0/s1. The zero-order valence-corrected chi connectivity index (χ0v) is 22.7. The van der Waals surface area contributed by atoms with Crippen LogP contribution in [0.1, 0.15) is 51.2 Å². The second-order valence-corrected chi connectivity index (χ2v) is 12.8. The molecule has 3 aliphatic rings. The lowest BCUT2D eigenvalue weighted by atomic mass is 9.66. The first kappa shape index (κ1) is 26.7. The molecule has 3 aliphatic heterocycles. The molecule has 0 aromatic heterocycles. The van der Waals surface area contributed by atoms with Crippen molar-refractivity contribution in [2.75, 3.05) is 18.1 Å². The zero-order chi connectivity index (χ0) is 26.6. The van der Waals surface area contributed by atoms with Gasteiger partial charge in [0.15, 0.2) is 0 Å². The Balaban J connectivity index is 1.91. The van der Waals surface area contributed by atoms with E-state index in [2.05, 4.69) is 6.58 Å². The van der Waals surface area contributed by atoms with Crippen molar-refractivity contribution in [1.82, 2.24) is 4.90 Å². The largest absolute Gasteiger partial charge is 0.481 e. The van der Waals surface area contributed by atoms with Gasteiger partial charge in [-0.3, -0.25) is 14.4 Å². The van der Waals surface area contributed by atoms with E-state index in [4.69, 9.17) is 0 Å². The van der Waals surface area contributed by atoms with Crippen molar-refractivity contribution in [1.29, 1.82) is 0 Å². The fraction of sp³-hybridized carbons (Fsp3) is 0.607. The fourth-order valence-corrected chi connectivity index (χ4v) is 9.32. The first-order valence-corrected chi connectivity index (χ1v) is 13.6. The number of hydrogen-bond donors (Lipinski definition) is 2. The van der Waals surface area contributed by atoms with Gasteiger partial charge in [-0.15, -0.1) is 18.3 Å². The van der Waals surface area contributed by atoms with E-state index in [9.17, 15) is 24.6 Å². The van der Waals surface area contributed by atoms with Crippen LogP contribution in [-0.4, -0.2) is 67.6 Å². The zero-order valence-electron chi connectivity index (χ0n) is 21.9. The summed E-state index contributed by atoms with van der Waals surface area (Å²) in [5.41, 5.74) is 2.67. The molecule has 8 heteroatoms. The molecule has 1 aromatic carbocycles. The summed E-state index contributed by atoms with van der Waals surface area (Å²) in [6.45, 7) is 13.7. The SMILES string of the molecule is C=CCN(C(=O)C1N([C@@H](CO)[C@@H](C)CC)C(=O)[C@@H]2[C@@H](C(=O)O)[C@@]3(C)CCC12S3)c1c(C)cccc1C. The van der Waals surface area contributed by atoms with Gasteiger partial charge in [0.25, 0.3) is 5.91 Å². The molecule has 0 saturated carbocycles. The van der Waals surface area contributed by atoms with Gasteiger partial charge in [-0.2, -0.15) is 0 Å². The molecule has 0 radical (unpaired) electrons. The van der Waals surface area contributed by atoms with Gasteiger partial charge in [0, 0.05) is 17.0 Å². The van der Waals surface area contributed by atoms with Crippen LogP contribution in [0.4, 0.5) is 5.69 Å². The summed E-state index contributed by atoms with van der Waals surface area (Å²) < 4.78 is -1.45. The molecule has 196 valence electrons. The number of carboxylic acids is 1. The van der Waals surface area contributed by atoms with E-state index in [1.165, 1.54) is 11.8 Å². The molecule has 1 aromatic rings. The van der Waals surface area contributed by atoms with E-state index in [0.717, 1.165) is 16.8 Å². The average Bonchev–Trinajstić information content (AvgIpc) is 3.39. The predicted octanol–water partition coefficient (Wildman–Crippen LogP) is 3.80. The van der Waals surface area contributed by atoms with Crippen LogP contribution in [0.25, 0.3) is 0 Å². The highest BCUT2D eigenvalue weighted by Crippen LogP contribution is 2.71. The van der Waals surface area contributed by atoms with Crippen molar-refractivity contribution in [3.8, 4) is 0 Å². The molecule has 2 unspecified atom stereocenters. The third kappa shape index (κ3) is 3.71. The van der Waals surface area contributed by atoms with Gasteiger partial charge in [-0.05, 0) is 50.7 Å². The van der Waals surface area contributed by atoms with Gasteiger partial charge < -0.3 is 20.0 Å². The Morgan fingerprint density at radius 1 is 1.31 bits per heavy atom. The number of aryl methyl sites for hydroxylation is 2. The van der Waals surface area contributed by atoms with Gasteiger partial charge in [0.2, 0.25) is 5.91 Å². The minimum Gasteiger partial charge on any atom is -0.481 e. The topological polar surface area (TPSA) is 98.2 Å². The Morgan fingerprint density at radius 3 is 2.47 bits per heavy atom. The number of fused-ring (bicyclic) bond motifs is 1. The number of amides is 2. The van der Waals surface area contributed by atoms with Gasteiger partial charge in [-0.1, -0.05) is 44.5 Å². The highest BCUT2D eigenvalue weighted by atomic mass is 32.2. The van der Waals surface area contributed by atoms with Crippen molar-refractivity contribution >= 4 is 35.2 Å². The Kier molecular flexibility index (Phi) is 7.07. The molecule has 7 atom stereocenters. The van der Waals surface area contributed by atoms with E-state index in [1.807, 2.05) is 52.8 Å². The van der Waals surface area contributed by atoms with Gasteiger partial charge in [0.05, 0.1) is 29.2 Å². The third-order valence-electron chi connectivity index (χ3n) is 8.85. The van der Waals surface area contributed by atoms with Crippen LogP contribution >= 0.6 is 11.8 Å². The second-order valence-electron chi connectivity index (χ2n) is 10.9. The van der Waals surface area contributed by atoms with E-state index in [1.54, 1.807) is 15.9 Å². The second kappa shape index (κ2) is 9.53. The number of carbonyl (C=O) groups excluding carboxylic acids is 2. The van der Waals surface area contributed by atoms with Gasteiger partial charge in [-0.25, -0.2) is 0 Å². The lowest BCUT2D eigenvalue weighted by Gasteiger charge is -2.41. The molecule has 36 heavy (non-hydrogen) atoms. The molecule has 0 aliphatic carbocycles. The lowest BCUT2D eigenvalue weighted by molar-refractivity contribution is -0.151. The Bertz CT molecular complexity index is 1070. The molecule has 2 N–H and O–H groups in total. The van der Waals surface area contributed by atoms with Crippen LogP contribution in [0, 0.1) is 31.6 Å². The Morgan fingerprint density at radius 2 is 1.94 bits per heavy atom. The van der Waals surface area contributed by atoms with Gasteiger partial charge >= 0.3 is 5.97 Å². The van der Waals surface area contributed by atoms with Crippen molar-refractivity contribution in [3.05, 3.63) is 42.0 Å². The number of likely N-dealkylation sites (tertiary alicyclic amines) is 1. The molecule has 3 saturated heterocycles. The maximum absolute atomic E-state index is 14.7. The Labute approximate surface area is 217 Å². The summed E-state index contributed by atoms with van der Waals surface area (Å²) in [7, 11) is 0. The lowest BCUT2D eigenvalue weighted by Crippen LogP contribution is -2.59. The quantitative estimate of drug-likeness (QED) is 0.487. The molecule has 3 heterocycles. The number of aliphatic carboxylic acids is 1. The van der Waals surface area contributed by atoms with Gasteiger partial charge in [0.1, 0.15) is 6.04 Å². The third-order valence-corrected chi connectivity index (χ3v) is 10.8. The van der Waals surface area contributed by atoms with Crippen LogP contribution in [0.5, 0.6) is 0 Å². The fourth-order valence-electron chi connectivity index (χ4n) is 6.99. The van der Waals surface area contributed by atoms with Crippen molar-refractivity contribution in [3.63, 3.8) is 0 Å². The summed E-state index contributed by atoms with van der Waals surface area (Å²) in [5, 5.41) is 20.7. The molecular formula is C28H38N2O5S.